The number of anilines is 1. The molecule has 5 rings (SSSR count). The smallest absolute Gasteiger partial charge is 0.253 e. The van der Waals surface area contributed by atoms with Crippen molar-refractivity contribution in [1.82, 2.24) is 14.5 Å². The van der Waals surface area contributed by atoms with Crippen molar-refractivity contribution in [3.8, 4) is 22.9 Å². The van der Waals surface area contributed by atoms with Crippen molar-refractivity contribution in [2.45, 2.75) is 19.4 Å². The molecule has 8 nitrogen and oxygen atoms in total. The van der Waals surface area contributed by atoms with Gasteiger partial charge in [0.2, 0.25) is 5.91 Å². The Morgan fingerprint density at radius 1 is 1.17 bits per heavy atom. The van der Waals surface area contributed by atoms with Crippen LogP contribution in [0.15, 0.2) is 60.7 Å². The Labute approximate surface area is 209 Å². The van der Waals surface area contributed by atoms with Gasteiger partial charge in [-0.15, -0.1) is 0 Å². The molecule has 4 aromatic rings. The van der Waals surface area contributed by atoms with E-state index >= 15 is 0 Å². The van der Waals surface area contributed by atoms with Gasteiger partial charge in [0.1, 0.15) is 23.4 Å². The minimum atomic E-state index is -0.230. The molecule has 1 N–H and O–H groups in total. The zero-order chi connectivity index (χ0) is 25.4. The number of para-hydroxylation sites is 2. The molecule has 1 aromatic heterocycles. The lowest BCUT2D eigenvalue weighted by Crippen LogP contribution is -2.36. The van der Waals surface area contributed by atoms with Gasteiger partial charge >= 0.3 is 0 Å². The number of amides is 2. The van der Waals surface area contributed by atoms with Gasteiger partial charge in [-0.05, 0) is 35.9 Å². The summed E-state index contributed by atoms with van der Waals surface area (Å²) in [4.78, 5) is 32.0. The van der Waals surface area contributed by atoms with E-state index in [0.29, 0.717) is 34.9 Å². The Morgan fingerprint density at radius 2 is 1.92 bits per heavy atom. The third kappa shape index (κ3) is 4.26. The van der Waals surface area contributed by atoms with E-state index in [2.05, 4.69) is 5.32 Å². The molecule has 36 heavy (non-hydrogen) atoms. The first-order valence-electron chi connectivity index (χ1n) is 11.8. The molecule has 0 saturated heterocycles. The van der Waals surface area contributed by atoms with E-state index in [9.17, 15) is 9.59 Å². The largest absolute Gasteiger partial charge is 0.496 e. The van der Waals surface area contributed by atoms with Gasteiger partial charge in [-0.2, -0.15) is 0 Å². The second-order valence-electron chi connectivity index (χ2n) is 9.00. The number of hydrogen-bond donors (Lipinski definition) is 1. The van der Waals surface area contributed by atoms with Crippen molar-refractivity contribution in [3.63, 3.8) is 0 Å². The van der Waals surface area contributed by atoms with Gasteiger partial charge in [-0.25, -0.2) is 4.98 Å². The molecular formula is C28H28N4O4. The number of benzene rings is 3. The maximum atomic E-state index is 13.5. The van der Waals surface area contributed by atoms with Gasteiger partial charge < -0.3 is 24.3 Å². The quantitative estimate of drug-likeness (QED) is 0.442. The summed E-state index contributed by atoms with van der Waals surface area (Å²) in [5.74, 6) is 1.82. The van der Waals surface area contributed by atoms with Crippen LogP contribution in [-0.2, 0) is 18.3 Å². The highest BCUT2D eigenvalue weighted by Crippen LogP contribution is 2.35. The van der Waals surface area contributed by atoms with Crippen molar-refractivity contribution in [2.24, 2.45) is 7.05 Å². The molecule has 8 heteroatoms. The Bertz CT molecular complexity index is 1450. The summed E-state index contributed by atoms with van der Waals surface area (Å²) in [6, 6.07) is 19.0. The monoisotopic (exact) mass is 484 g/mol. The maximum Gasteiger partial charge on any atom is 0.253 e. The van der Waals surface area contributed by atoms with Gasteiger partial charge in [-0.3, -0.25) is 9.59 Å². The highest BCUT2D eigenvalue weighted by Gasteiger charge is 2.26. The van der Waals surface area contributed by atoms with Gasteiger partial charge in [0.05, 0.1) is 35.9 Å². The summed E-state index contributed by atoms with van der Waals surface area (Å²) in [6.07, 6.45) is 0.647. The summed E-state index contributed by atoms with van der Waals surface area (Å²) in [6.45, 7) is 1.88. The Balaban J connectivity index is 1.49. The van der Waals surface area contributed by atoms with Crippen LogP contribution in [0.4, 0.5) is 5.69 Å². The van der Waals surface area contributed by atoms with E-state index < -0.39 is 0 Å². The van der Waals surface area contributed by atoms with E-state index in [1.807, 2.05) is 60.1 Å². The number of fused-ring (bicyclic) bond motifs is 2. The summed E-state index contributed by atoms with van der Waals surface area (Å²) in [7, 11) is 5.25. The van der Waals surface area contributed by atoms with E-state index in [1.165, 1.54) is 6.92 Å². The Hall–Kier alpha value is -4.33. The van der Waals surface area contributed by atoms with E-state index in [0.717, 1.165) is 28.8 Å². The average Bonchev–Trinajstić information content (AvgIpc) is 3.43. The molecule has 1 aliphatic heterocycles. The van der Waals surface area contributed by atoms with Crippen LogP contribution in [0.1, 0.15) is 22.8 Å². The van der Waals surface area contributed by atoms with Gasteiger partial charge in [0, 0.05) is 33.0 Å². The number of rotatable bonds is 6. The first kappa shape index (κ1) is 23.4. The predicted octanol–water partition coefficient (Wildman–Crippen LogP) is 4.28. The topological polar surface area (TPSA) is 85.7 Å². The minimum Gasteiger partial charge on any atom is -0.496 e. The van der Waals surface area contributed by atoms with Crippen LogP contribution in [-0.4, -0.2) is 53.1 Å². The minimum absolute atomic E-state index is 0.109. The lowest BCUT2D eigenvalue weighted by Gasteiger charge is -2.21. The van der Waals surface area contributed by atoms with E-state index in [4.69, 9.17) is 14.5 Å². The van der Waals surface area contributed by atoms with Crippen LogP contribution in [0.5, 0.6) is 11.5 Å². The normalized spacial score (nSPS) is 14.3. The molecule has 1 atom stereocenters. The number of aromatic nitrogens is 2. The molecule has 0 spiro atoms. The molecule has 0 bridgehead atoms. The SMILES string of the molecule is COc1ccccc1-c1nc2cc(C(=O)N(C)C[C@@H]3Cc4ccccc4O3)cc(NC(C)=O)c2n1C. The van der Waals surface area contributed by atoms with Crippen molar-refractivity contribution < 1.29 is 19.1 Å². The van der Waals surface area contributed by atoms with Gasteiger partial charge in [0.25, 0.3) is 5.91 Å². The van der Waals surface area contributed by atoms with Gasteiger partial charge in [-0.1, -0.05) is 30.3 Å². The molecule has 0 radical (unpaired) electrons. The number of carbonyl (C=O) groups excluding carboxylic acids is 2. The van der Waals surface area contributed by atoms with Crippen LogP contribution in [0.2, 0.25) is 0 Å². The van der Waals surface area contributed by atoms with Crippen LogP contribution >= 0.6 is 0 Å². The van der Waals surface area contributed by atoms with Crippen LogP contribution in [0, 0.1) is 0 Å². The molecule has 0 fully saturated rings. The predicted molar refractivity (Wildman–Crippen MR) is 139 cm³/mol. The lowest BCUT2D eigenvalue weighted by atomic mass is 10.1. The number of aryl methyl sites for hydroxylation is 1. The zero-order valence-corrected chi connectivity index (χ0v) is 20.7. The molecule has 184 valence electrons. The summed E-state index contributed by atoms with van der Waals surface area (Å²) in [5.41, 5.74) is 4.25. The molecule has 3 aromatic carbocycles. The third-order valence-electron chi connectivity index (χ3n) is 6.41. The first-order chi connectivity index (χ1) is 17.4. The van der Waals surface area contributed by atoms with Crippen LogP contribution < -0.4 is 14.8 Å². The second kappa shape index (κ2) is 9.37. The van der Waals surface area contributed by atoms with Gasteiger partial charge in [0.15, 0.2) is 0 Å². The summed E-state index contributed by atoms with van der Waals surface area (Å²) < 4.78 is 13.5. The lowest BCUT2D eigenvalue weighted by molar-refractivity contribution is -0.114. The number of carbonyl (C=O) groups is 2. The van der Waals surface area contributed by atoms with Crippen LogP contribution in [0.3, 0.4) is 0 Å². The second-order valence-corrected chi connectivity index (χ2v) is 9.00. The zero-order valence-electron chi connectivity index (χ0n) is 20.7. The van der Waals surface area contributed by atoms with Crippen molar-refractivity contribution >= 4 is 28.5 Å². The molecule has 2 amide bonds. The maximum absolute atomic E-state index is 13.5. The molecule has 0 saturated carbocycles. The molecule has 1 aliphatic rings. The molecule has 2 heterocycles. The third-order valence-corrected chi connectivity index (χ3v) is 6.41. The first-order valence-corrected chi connectivity index (χ1v) is 11.8. The summed E-state index contributed by atoms with van der Waals surface area (Å²) in [5, 5.41) is 2.87. The molecule has 0 unspecified atom stereocenters. The van der Waals surface area contributed by atoms with Crippen molar-refractivity contribution in [1.29, 1.82) is 0 Å². The number of methoxy groups -OCH3 is 1. The number of nitrogens with zero attached hydrogens (tertiary/aromatic N) is 3. The number of ether oxygens (including phenoxy) is 2. The molecule has 0 aliphatic carbocycles. The number of nitrogens with one attached hydrogen (secondary N) is 1. The number of imidazole rings is 1. The number of hydrogen-bond acceptors (Lipinski definition) is 5. The Morgan fingerprint density at radius 3 is 2.67 bits per heavy atom. The standard InChI is InChI=1S/C28H28N4O4/c1-17(33)29-22-14-19(28(34)31(2)16-20-13-18-9-5-7-11-24(18)36-20)15-23-26(22)32(3)27(30-23)21-10-6-8-12-25(21)35-4/h5-12,14-15,20H,13,16H2,1-4H3,(H,29,33)/t20-/m0/s1. The van der Waals surface area contributed by atoms with Crippen molar-refractivity contribution in [3.05, 3.63) is 71.8 Å². The van der Waals surface area contributed by atoms with Crippen LogP contribution in [0.25, 0.3) is 22.4 Å². The van der Waals surface area contributed by atoms with Crippen molar-refractivity contribution in [2.75, 3.05) is 26.0 Å². The van der Waals surface area contributed by atoms with E-state index in [-0.39, 0.29) is 17.9 Å². The highest BCUT2D eigenvalue weighted by atomic mass is 16.5. The van der Waals surface area contributed by atoms with E-state index in [1.54, 1.807) is 31.2 Å². The fourth-order valence-corrected chi connectivity index (χ4v) is 4.80. The average molecular weight is 485 g/mol. The highest BCUT2D eigenvalue weighted by molar-refractivity contribution is 6.05. The molecular weight excluding hydrogens is 456 g/mol. The fourth-order valence-electron chi connectivity index (χ4n) is 4.80. The number of likely N-dealkylation sites (N-methyl/N-ethyl adjacent to an activating group) is 1. The fraction of sp³-hybridized carbons (Fsp3) is 0.250. The summed E-state index contributed by atoms with van der Waals surface area (Å²) >= 11 is 0. The Kier molecular flexibility index (Phi) is 6.10.